The zero-order chi connectivity index (χ0) is 23.9. The number of nitrogens with one attached hydrogen (secondary N) is 1. The summed E-state index contributed by atoms with van der Waals surface area (Å²) >= 11 is 8.34. The Morgan fingerprint density at radius 3 is 2.83 bits per heavy atom. The summed E-state index contributed by atoms with van der Waals surface area (Å²) in [7, 11) is 0. The maximum Gasteiger partial charge on any atom is 0.196 e. The normalized spacial score (nSPS) is 21.4. The van der Waals surface area contributed by atoms with Crippen molar-refractivity contribution in [3.8, 4) is 0 Å². The molecule has 0 amide bonds. The highest BCUT2D eigenvalue weighted by molar-refractivity contribution is 7.99. The summed E-state index contributed by atoms with van der Waals surface area (Å²) in [5, 5.41) is 2.29. The topological polar surface area (TPSA) is 96.6 Å². The molecule has 4 aromatic rings. The lowest BCUT2D eigenvalue weighted by molar-refractivity contribution is 0.248. The predicted molar refractivity (Wildman–Crippen MR) is 142 cm³/mol. The summed E-state index contributed by atoms with van der Waals surface area (Å²) in [4.78, 5) is 25.6. The van der Waals surface area contributed by atoms with Gasteiger partial charge in [-0.15, -0.1) is 0 Å². The molecule has 4 aromatic heterocycles. The summed E-state index contributed by atoms with van der Waals surface area (Å²) in [6.45, 7) is 3.81. The minimum absolute atomic E-state index is 0.151. The first-order chi connectivity index (χ1) is 17.1. The summed E-state index contributed by atoms with van der Waals surface area (Å²) in [6, 6.07) is 6.04. The van der Waals surface area contributed by atoms with E-state index >= 15 is 0 Å². The van der Waals surface area contributed by atoms with Crippen LogP contribution in [0.3, 0.4) is 0 Å². The van der Waals surface area contributed by atoms with Gasteiger partial charge in [0.05, 0.1) is 21.4 Å². The van der Waals surface area contributed by atoms with Gasteiger partial charge in [0.25, 0.3) is 0 Å². The van der Waals surface area contributed by atoms with Gasteiger partial charge in [0.1, 0.15) is 11.5 Å². The average molecular weight is 508 g/mol. The molecule has 1 saturated heterocycles. The third-order valence-electron chi connectivity index (χ3n) is 7.58. The van der Waals surface area contributed by atoms with Gasteiger partial charge in [-0.2, -0.15) is 0 Å². The highest BCUT2D eigenvalue weighted by Crippen LogP contribution is 2.41. The van der Waals surface area contributed by atoms with Crippen molar-refractivity contribution < 1.29 is 0 Å². The number of fused-ring (bicyclic) bond motifs is 2. The van der Waals surface area contributed by atoms with E-state index in [4.69, 9.17) is 27.3 Å². The van der Waals surface area contributed by atoms with Crippen molar-refractivity contribution in [3.63, 3.8) is 0 Å². The Morgan fingerprint density at radius 2 is 2.00 bits per heavy atom. The van der Waals surface area contributed by atoms with Gasteiger partial charge < -0.3 is 15.6 Å². The van der Waals surface area contributed by atoms with Crippen LogP contribution in [0, 0.1) is 11.8 Å². The van der Waals surface area contributed by atoms with Crippen molar-refractivity contribution in [1.82, 2.24) is 24.9 Å². The van der Waals surface area contributed by atoms with Gasteiger partial charge in [-0.05, 0) is 48.2 Å². The number of rotatable bonds is 5. The van der Waals surface area contributed by atoms with Crippen molar-refractivity contribution >= 4 is 51.2 Å². The molecular formula is C26H30ClN7S. The van der Waals surface area contributed by atoms with Crippen LogP contribution in [-0.2, 0) is 6.42 Å². The number of hydrogen-bond acceptors (Lipinski definition) is 7. The van der Waals surface area contributed by atoms with Gasteiger partial charge in [0, 0.05) is 42.1 Å². The van der Waals surface area contributed by atoms with Crippen LogP contribution in [0.2, 0.25) is 5.02 Å². The van der Waals surface area contributed by atoms with Crippen molar-refractivity contribution in [2.45, 2.75) is 61.5 Å². The SMILES string of the molecule is CCc1[nH]c2nc(Sc3cnc4cccnc4c3)nc(N3C[C@H](C4CCCCC4)[C@@H](N)C3)c2c1Cl. The number of anilines is 1. The molecule has 2 aliphatic rings. The number of pyridine rings is 2. The van der Waals surface area contributed by atoms with E-state index in [0.717, 1.165) is 63.0 Å². The van der Waals surface area contributed by atoms with E-state index in [1.54, 1.807) is 6.20 Å². The molecule has 5 heterocycles. The Bertz CT molecular complexity index is 1370. The van der Waals surface area contributed by atoms with Crippen LogP contribution in [0.15, 0.2) is 40.6 Å². The first kappa shape index (κ1) is 23.0. The molecule has 35 heavy (non-hydrogen) atoms. The van der Waals surface area contributed by atoms with E-state index in [2.05, 4.69) is 26.8 Å². The molecule has 1 aliphatic heterocycles. The van der Waals surface area contributed by atoms with E-state index < -0.39 is 0 Å². The lowest BCUT2D eigenvalue weighted by Crippen LogP contribution is -2.34. The lowest BCUT2D eigenvalue weighted by atomic mass is 9.78. The summed E-state index contributed by atoms with van der Waals surface area (Å²) < 4.78 is 0. The fourth-order valence-corrected chi connectivity index (χ4v) is 6.88. The Kier molecular flexibility index (Phi) is 6.28. The van der Waals surface area contributed by atoms with E-state index in [1.807, 2.05) is 24.4 Å². The van der Waals surface area contributed by atoms with Crippen LogP contribution in [0.5, 0.6) is 0 Å². The van der Waals surface area contributed by atoms with Crippen LogP contribution in [-0.4, -0.2) is 44.1 Å². The van der Waals surface area contributed by atoms with E-state index in [9.17, 15) is 0 Å². The van der Waals surface area contributed by atoms with Crippen molar-refractivity contribution in [1.29, 1.82) is 0 Å². The first-order valence-corrected chi connectivity index (χ1v) is 13.8. The molecule has 1 aliphatic carbocycles. The third-order valence-corrected chi connectivity index (χ3v) is 8.82. The molecule has 1 saturated carbocycles. The number of nitrogens with two attached hydrogens (primary N) is 1. The standard InChI is InChI=1S/C26H30ClN7S/c1-2-19-23(27)22-24(31-19)32-26(35-16-11-21-20(30-12-16)9-6-10-29-21)33-25(22)34-13-17(18(28)14-34)15-7-4-3-5-8-15/h6,9-12,15,17-18H,2-5,7-8,13-14,28H2,1H3,(H,31,32,33)/t17-,18+/m1/s1. The average Bonchev–Trinajstić information content (AvgIpc) is 3.43. The quantitative estimate of drug-likeness (QED) is 0.339. The Balaban J connectivity index is 1.37. The van der Waals surface area contributed by atoms with Crippen LogP contribution in [0.1, 0.15) is 44.7 Å². The van der Waals surface area contributed by atoms with E-state index in [1.165, 1.54) is 43.9 Å². The van der Waals surface area contributed by atoms with Gasteiger partial charge in [-0.1, -0.05) is 50.6 Å². The van der Waals surface area contributed by atoms with Crippen molar-refractivity contribution in [3.05, 3.63) is 41.3 Å². The van der Waals surface area contributed by atoms with Gasteiger partial charge in [-0.25, -0.2) is 9.97 Å². The second-order valence-electron chi connectivity index (χ2n) is 9.77. The fourth-order valence-electron chi connectivity index (χ4n) is 5.77. The number of H-pyrrole nitrogens is 1. The number of aromatic amines is 1. The maximum atomic E-state index is 6.85. The van der Waals surface area contributed by atoms with Gasteiger partial charge in [0.2, 0.25) is 0 Å². The molecule has 0 aromatic carbocycles. The monoisotopic (exact) mass is 507 g/mol. The fraction of sp³-hybridized carbons (Fsp3) is 0.462. The van der Waals surface area contributed by atoms with E-state index in [-0.39, 0.29) is 6.04 Å². The molecule has 2 atom stereocenters. The molecule has 3 N–H and O–H groups in total. The van der Waals surface area contributed by atoms with Crippen LogP contribution in [0.25, 0.3) is 22.1 Å². The second kappa shape index (κ2) is 9.56. The molecular weight excluding hydrogens is 478 g/mol. The van der Waals surface area contributed by atoms with Crippen LogP contribution < -0.4 is 10.6 Å². The Hall–Kier alpha value is -2.42. The predicted octanol–water partition coefficient (Wildman–Crippen LogP) is 5.61. The van der Waals surface area contributed by atoms with Gasteiger partial charge in [-0.3, -0.25) is 9.97 Å². The Labute approximate surface area is 214 Å². The maximum absolute atomic E-state index is 6.85. The van der Waals surface area contributed by atoms with Crippen LogP contribution >= 0.6 is 23.4 Å². The van der Waals surface area contributed by atoms with Crippen molar-refractivity contribution in [2.24, 2.45) is 17.6 Å². The first-order valence-electron chi connectivity index (χ1n) is 12.6. The second-order valence-corrected chi connectivity index (χ2v) is 11.2. The summed E-state index contributed by atoms with van der Waals surface area (Å²) in [5.74, 6) is 2.09. The largest absolute Gasteiger partial charge is 0.354 e. The highest BCUT2D eigenvalue weighted by Gasteiger charge is 2.38. The molecule has 2 fully saturated rings. The number of halogens is 1. The summed E-state index contributed by atoms with van der Waals surface area (Å²) in [5.41, 5.74) is 10.2. The van der Waals surface area contributed by atoms with E-state index in [0.29, 0.717) is 17.0 Å². The molecule has 0 unspecified atom stereocenters. The molecule has 0 radical (unpaired) electrons. The highest BCUT2D eigenvalue weighted by atomic mass is 35.5. The molecule has 9 heteroatoms. The molecule has 0 bridgehead atoms. The zero-order valence-corrected chi connectivity index (χ0v) is 21.4. The van der Waals surface area contributed by atoms with Gasteiger partial charge >= 0.3 is 0 Å². The number of aryl methyl sites for hydroxylation is 1. The molecule has 0 spiro atoms. The summed E-state index contributed by atoms with van der Waals surface area (Å²) in [6.07, 6.45) is 11.0. The molecule has 182 valence electrons. The van der Waals surface area contributed by atoms with Crippen molar-refractivity contribution in [2.75, 3.05) is 18.0 Å². The smallest absolute Gasteiger partial charge is 0.196 e. The number of aromatic nitrogens is 5. The number of nitrogens with zero attached hydrogens (tertiary/aromatic N) is 5. The lowest BCUT2D eigenvalue weighted by Gasteiger charge is -2.29. The molecule has 6 rings (SSSR count). The van der Waals surface area contributed by atoms with Crippen LogP contribution in [0.4, 0.5) is 5.82 Å². The zero-order valence-electron chi connectivity index (χ0n) is 19.9. The molecule has 7 nitrogen and oxygen atoms in total. The minimum Gasteiger partial charge on any atom is -0.354 e. The Morgan fingerprint density at radius 1 is 1.14 bits per heavy atom. The number of hydrogen-bond donors (Lipinski definition) is 2. The minimum atomic E-state index is 0.151. The third kappa shape index (κ3) is 4.36. The van der Waals surface area contributed by atoms with Gasteiger partial charge in [0.15, 0.2) is 5.16 Å².